The van der Waals surface area contributed by atoms with Gasteiger partial charge in [0.15, 0.2) is 0 Å². The van der Waals surface area contributed by atoms with Gasteiger partial charge in [0, 0.05) is 13.7 Å². The molecule has 0 aromatic heterocycles. The Hall–Kier alpha value is -0.610. The van der Waals surface area contributed by atoms with Gasteiger partial charge in [-0.2, -0.15) is 0 Å². The lowest BCUT2D eigenvalue weighted by atomic mass is 10.3. The lowest BCUT2D eigenvalue weighted by Gasteiger charge is -2.11. The molecule has 1 N–H and O–H groups in total. The van der Waals surface area contributed by atoms with Crippen LogP contribution in [0, 0.1) is 0 Å². The standard InChI is InChI=1S/C9H19NO3/c1-4-13-9(11)8(2)10-6-5-7-12-3/h8,10H,4-7H2,1-3H3. The maximum absolute atomic E-state index is 11.1. The van der Waals surface area contributed by atoms with Gasteiger partial charge < -0.3 is 14.8 Å². The van der Waals surface area contributed by atoms with E-state index >= 15 is 0 Å². The molecular weight excluding hydrogens is 170 g/mol. The van der Waals surface area contributed by atoms with Crippen molar-refractivity contribution in [3.05, 3.63) is 0 Å². The Morgan fingerprint density at radius 1 is 1.54 bits per heavy atom. The summed E-state index contributed by atoms with van der Waals surface area (Å²) in [5.74, 6) is -0.195. The molecule has 0 aromatic rings. The van der Waals surface area contributed by atoms with E-state index in [2.05, 4.69) is 5.32 Å². The Morgan fingerprint density at radius 2 is 2.23 bits per heavy atom. The number of carbonyl (C=O) groups is 1. The van der Waals surface area contributed by atoms with Crippen LogP contribution < -0.4 is 5.32 Å². The Labute approximate surface area is 79.6 Å². The second-order valence-electron chi connectivity index (χ2n) is 2.77. The summed E-state index contributed by atoms with van der Waals surface area (Å²) in [5, 5.41) is 3.05. The van der Waals surface area contributed by atoms with Gasteiger partial charge in [0.2, 0.25) is 0 Å². The van der Waals surface area contributed by atoms with Crippen molar-refractivity contribution in [1.82, 2.24) is 5.32 Å². The van der Waals surface area contributed by atoms with Crippen molar-refractivity contribution in [1.29, 1.82) is 0 Å². The van der Waals surface area contributed by atoms with Gasteiger partial charge in [-0.3, -0.25) is 4.79 Å². The van der Waals surface area contributed by atoms with E-state index in [1.165, 1.54) is 0 Å². The van der Waals surface area contributed by atoms with Crippen molar-refractivity contribution < 1.29 is 14.3 Å². The molecule has 78 valence electrons. The molecule has 1 atom stereocenters. The molecule has 0 amide bonds. The van der Waals surface area contributed by atoms with Crippen LogP contribution in [0.25, 0.3) is 0 Å². The summed E-state index contributed by atoms with van der Waals surface area (Å²) in [5.41, 5.74) is 0. The summed E-state index contributed by atoms with van der Waals surface area (Å²) in [6, 6.07) is -0.225. The lowest BCUT2D eigenvalue weighted by molar-refractivity contribution is -0.145. The van der Waals surface area contributed by atoms with Crippen LogP contribution >= 0.6 is 0 Å². The van der Waals surface area contributed by atoms with Crippen molar-refractivity contribution in [2.24, 2.45) is 0 Å². The Balaban J connectivity index is 3.38. The second-order valence-corrected chi connectivity index (χ2v) is 2.77. The Morgan fingerprint density at radius 3 is 2.77 bits per heavy atom. The van der Waals surface area contributed by atoms with Crippen LogP contribution in [-0.2, 0) is 14.3 Å². The van der Waals surface area contributed by atoms with Crippen molar-refractivity contribution in [3.8, 4) is 0 Å². The number of hydrogen-bond donors (Lipinski definition) is 1. The zero-order chi connectivity index (χ0) is 10.1. The van der Waals surface area contributed by atoms with E-state index in [1.54, 1.807) is 21.0 Å². The summed E-state index contributed by atoms with van der Waals surface area (Å²) in [4.78, 5) is 11.1. The zero-order valence-corrected chi connectivity index (χ0v) is 8.63. The molecule has 0 bridgehead atoms. The van der Waals surface area contributed by atoms with Gasteiger partial charge in [0.1, 0.15) is 6.04 Å². The van der Waals surface area contributed by atoms with Crippen LogP contribution in [0.1, 0.15) is 20.3 Å². The Bertz CT molecular complexity index is 139. The number of carbonyl (C=O) groups excluding carboxylic acids is 1. The van der Waals surface area contributed by atoms with Gasteiger partial charge in [0.25, 0.3) is 0 Å². The SMILES string of the molecule is CCOC(=O)C(C)NCCCOC. The van der Waals surface area contributed by atoms with E-state index in [9.17, 15) is 4.79 Å². The molecule has 0 aliphatic rings. The quantitative estimate of drug-likeness (QED) is 0.469. The third-order valence-electron chi connectivity index (χ3n) is 1.62. The summed E-state index contributed by atoms with van der Waals surface area (Å²) >= 11 is 0. The van der Waals surface area contributed by atoms with Gasteiger partial charge in [-0.15, -0.1) is 0 Å². The van der Waals surface area contributed by atoms with Crippen molar-refractivity contribution >= 4 is 5.97 Å². The van der Waals surface area contributed by atoms with E-state index in [0.29, 0.717) is 13.2 Å². The molecule has 0 aromatic carbocycles. The fourth-order valence-corrected chi connectivity index (χ4v) is 0.886. The minimum atomic E-state index is -0.225. The normalized spacial score (nSPS) is 12.5. The molecule has 4 heteroatoms. The molecule has 0 rings (SSSR count). The van der Waals surface area contributed by atoms with Crippen LogP contribution in [0.3, 0.4) is 0 Å². The van der Waals surface area contributed by atoms with Crippen molar-refractivity contribution in [3.63, 3.8) is 0 Å². The fraction of sp³-hybridized carbons (Fsp3) is 0.889. The maximum atomic E-state index is 11.1. The first-order chi connectivity index (χ1) is 6.22. The molecule has 0 heterocycles. The first kappa shape index (κ1) is 12.4. The fourth-order valence-electron chi connectivity index (χ4n) is 0.886. The van der Waals surface area contributed by atoms with Crippen LogP contribution in [0.4, 0.5) is 0 Å². The Kier molecular flexibility index (Phi) is 7.63. The van der Waals surface area contributed by atoms with Gasteiger partial charge in [-0.05, 0) is 26.8 Å². The second kappa shape index (κ2) is 8.01. The third kappa shape index (κ3) is 6.54. The zero-order valence-electron chi connectivity index (χ0n) is 8.63. The number of nitrogens with one attached hydrogen (secondary N) is 1. The van der Waals surface area contributed by atoms with Crippen LogP contribution in [0.15, 0.2) is 0 Å². The summed E-state index contributed by atoms with van der Waals surface area (Å²) < 4.78 is 9.70. The van der Waals surface area contributed by atoms with Crippen molar-refractivity contribution in [2.75, 3.05) is 26.9 Å². The van der Waals surface area contributed by atoms with Crippen LogP contribution in [0.2, 0.25) is 0 Å². The topological polar surface area (TPSA) is 47.6 Å². The highest BCUT2D eigenvalue weighted by Gasteiger charge is 2.11. The highest BCUT2D eigenvalue weighted by Crippen LogP contribution is 1.88. The first-order valence-corrected chi connectivity index (χ1v) is 4.61. The smallest absolute Gasteiger partial charge is 0.322 e. The molecule has 0 radical (unpaired) electrons. The summed E-state index contributed by atoms with van der Waals surface area (Å²) in [6.45, 7) is 5.51. The maximum Gasteiger partial charge on any atom is 0.322 e. The minimum absolute atomic E-state index is 0.195. The highest BCUT2D eigenvalue weighted by atomic mass is 16.5. The minimum Gasteiger partial charge on any atom is -0.465 e. The number of hydrogen-bond acceptors (Lipinski definition) is 4. The number of ether oxygens (including phenoxy) is 2. The third-order valence-corrected chi connectivity index (χ3v) is 1.62. The van der Waals surface area contributed by atoms with Crippen molar-refractivity contribution in [2.45, 2.75) is 26.3 Å². The molecule has 0 aliphatic carbocycles. The molecular formula is C9H19NO3. The molecule has 4 nitrogen and oxygen atoms in total. The van der Waals surface area contributed by atoms with Crippen LogP contribution in [0.5, 0.6) is 0 Å². The average Bonchev–Trinajstić information content (AvgIpc) is 2.12. The van der Waals surface area contributed by atoms with Crippen LogP contribution in [-0.4, -0.2) is 38.9 Å². The molecule has 0 saturated heterocycles. The molecule has 1 unspecified atom stereocenters. The summed E-state index contributed by atoms with van der Waals surface area (Å²) in [6.07, 6.45) is 0.903. The predicted octanol–water partition coefficient (Wildman–Crippen LogP) is 0.564. The lowest BCUT2D eigenvalue weighted by Crippen LogP contribution is -2.36. The monoisotopic (exact) mass is 189 g/mol. The van der Waals surface area contributed by atoms with E-state index in [4.69, 9.17) is 9.47 Å². The van der Waals surface area contributed by atoms with E-state index in [1.807, 2.05) is 0 Å². The molecule has 0 spiro atoms. The molecule has 0 fully saturated rings. The summed E-state index contributed by atoms with van der Waals surface area (Å²) in [7, 11) is 1.66. The molecule has 0 aliphatic heterocycles. The van der Waals surface area contributed by atoms with E-state index in [-0.39, 0.29) is 12.0 Å². The predicted molar refractivity (Wildman–Crippen MR) is 50.6 cm³/mol. The largest absolute Gasteiger partial charge is 0.465 e. The highest BCUT2D eigenvalue weighted by molar-refractivity contribution is 5.75. The van der Waals surface area contributed by atoms with Gasteiger partial charge >= 0.3 is 5.97 Å². The number of rotatable bonds is 7. The van der Waals surface area contributed by atoms with E-state index < -0.39 is 0 Å². The van der Waals surface area contributed by atoms with Gasteiger partial charge in [-0.25, -0.2) is 0 Å². The van der Waals surface area contributed by atoms with Gasteiger partial charge in [-0.1, -0.05) is 0 Å². The van der Waals surface area contributed by atoms with E-state index in [0.717, 1.165) is 13.0 Å². The average molecular weight is 189 g/mol. The molecule has 0 saturated carbocycles. The molecule has 13 heavy (non-hydrogen) atoms. The number of esters is 1. The number of methoxy groups -OCH3 is 1. The van der Waals surface area contributed by atoms with Gasteiger partial charge in [0.05, 0.1) is 6.61 Å². The first-order valence-electron chi connectivity index (χ1n) is 4.61.